The van der Waals surface area contributed by atoms with Gasteiger partial charge in [-0.3, -0.25) is 0 Å². The van der Waals surface area contributed by atoms with Crippen molar-refractivity contribution in [3.05, 3.63) is 35.6 Å². The van der Waals surface area contributed by atoms with Gasteiger partial charge in [-0.25, -0.2) is 0 Å². The lowest BCUT2D eigenvalue weighted by Gasteiger charge is -2.23. The van der Waals surface area contributed by atoms with Crippen LogP contribution in [0.1, 0.15) is 51.9 Å². The predicted octanol–water partition coefficient (Wildman–Crippen LogP) is 4.68. The second kappa shape index (κ2) is 4.12. The van der Waals surface area contributed by atoms with E-state index in [1.165, 1.54) is 36.8 Å². The van der Waals surface area contributed by atoms with Crippen LogP contribution in [0.2, 0.25) is 0 Å². The summed E-state index contributed by atoms with van der Waals surface area (Å²) in [6, 6.07) is 0. The second-order valence-electron chi connectivity index (χ2n) is 5.42. The molecule has 88 valence electrons. The maximum atomic E-state index is 9.72. The van der Waals surface area contributed by atoms with E-state index in [0.29, 0.717) is 5.41 Å². The van der Waals surface area contributed by atoms with Crippen molar-refractivity contribution in [3.63, 3.8) is 0 Å². The predicted molar refractivity (Wildman–Crippen MR) is 68.4 cm³/mol. The van der Waals surface area contributed by atoms with Gasteiger partial charge < -0.3 is 5.11 Å². The Labute approximate surface area is 98.6 Å². The molecule has 1 spiro atoms. The smallest absolute Gasteiger partial charge is 0.111 e. The van der Waals surface area contributed by atoms with Crippen LogP contribution in [0.25, 0.3) is 0 Å². The summed E-state index contributed by atoms with van der Waals surface area (Å²) in [5.74, 6) is 0.272. The molecule has 0 aliphatic heterocycles. The van der Waals surface area contributed by atoms with Crippen LogP contribution in [0.3, 0.4) is 0 Å². The molecule has 1 fully saturated rings. The van der Waals surface area contributed by atoms with E-state index >= 15 is 0 Å². The van der Waals surface area contributed by atoms with Crippen LogP contribution in [-0.2, 0) is 0 Å². The molecule has 1 saturated carbocycles. The average Bonchev–Trinajstić information content (AvgIpc) is 2.86. The van der Waals surface area contributed by atoms with Gasteiger partial charge in [0.1, 0.15) is 5.76 Å². The standard InChI is InChI=1S/C15H22O/c1-4-11(2)13-9-15(7-5-6-8-15)10-14(13)12(3)16/h16H,2-10H2,1H3. The average molecular weight is 218 g/mol. The maximum absolute atomic E-state index is 9.72. The third-order valence-corrected chi connectivity index (χ3v) is 4.33. The Morgan fingerprint density at radius 1 is 1.19 bits per heavy atom. The zero-order valence-electron chi connectivity index (χ0n) is 10.3. The highest BCUT2D eigenvalue weighted by atomic mass is 16.3. The summed E-state index contributed by atoms with van der Waals surface area (Å²) in [6.07, 6.45) is 8.43. The Morgan fingerprint density at radius 3 is 2.25 bits per heavy atom. The minimum atomic E-state index is 0.272. The molecule has 1 nitrogen and oxygen atoms in total. The Bertz CT molecular complexity index is 354. The Kier molecular flexibility index (Phi) is 2.96. The van der Waals surface area contributed by atoms with E-state index in [1.54, 1.807) is 0 Å². The Balaban J connectivity index is 2.26. The summed E-state index contributed by atoms with van der Waals surface area (Å²) < 4.78 is 0. The van der Waals surface area contributed by atoms with Gasteiger partial charge in [-0.15, -0.1) is 0 Å². The SMILES string of the molecule is C=C(O)C1=C(C(=C)CC)CC2(CCCC2)C1. The molecule has 0 bridgehead atoms. The summed E-state index contributed by atoms with van der Waals surface area (Å²) in [5, 5.41) is 9.72. The van der Waals surface area contributed by atoms with Crippen molar-refractivity contribution < 1.29 is 5.11 Å². The van der Waals surface area contributed by atoms with Crippen LogP contribution in [0.4, 0.5) is 0 Å². The first-order valence-corrected chi connectivity index (χ1v) is 6.36. The molecule has 0 amide bonds. The van der Waals surface area contributed by atoms with Gasteiger partial charge in [0, 0.05) is 0 Å². The lowest BCUT2D eigenvalue weighted by molar-refractivity contribution is 0.309. The minimum Gasteiger partial charge on any atom is -0.508 e. The fourth-order valence-corrected chi connectivity index (χ4v) is 3.33. The summed E-state index contributed by atoms with van der Waals surface area (Å²) in [6.45, 7) is 9.98. The molecule has 0 saturated heterocycles. The number of hydrogen-bond donors (Lipinski definition) is 1. The number of aliphatic hydroxyl groups is 1. The number of rotatable bonds is 3. The fourth-order valence-electron chi connectivity index (χ4n) is 3.33. The number of hydrogen-bond acceptors (Lipinski definition) is 1. The Morgan fingerprint density at radius 2 is 1.75 bits per heavy atom. The zero-order valence-corrected chi connectivity index (χ0v) is 10.3. The molecule has 1 heteroatoms. The van der Waals surface area contributed by atoms with Gasteiger partial charge >= 0.3 is 0 Å². The molecule has 1 N–H and O–H groups in total. The molecular weight excluding hydrogens is 196 g/mol. The zero-order chi connectivity index (χ0) is 11.8. The van der Waals surface area contributed by atoms with E-state index in [1.807, 2.05) is 0 Å². The van der Waals surface area contributed by atoms with Crippen molar-refractivity contribution in [3.8, 4) is 0 Å². The molecule has 0 aromatic rings. The van der Waals surface area contributed by atoms with Gasteiger partial charge in [0.25, 0.3) is 0 Å². The molecule has 16 heavy (non-hydrogen) atoms. The number of aliphatic hydroxyl groups excluding tert-OH is 1. The third kappa shape index (κ3) is 1.83. The van der Waals surface area contributed by atoms with Gasteiger partial charge in [0.15, 0.2) is 0 Å². The monoisotopic (exact) mass is 218 g/mol. The van der Waals surface area contributed by atoms with Crippen LogP contribution < -0.4 is 0 Å². The first-order valence-electron chi connectivity index (χ1n) is 6.36. The van der Waals surface area contributed by atoms with Crippen molar-refractivity contribution >= 4 is 0 Å². The van der Waals surface area contributed by atoms with E-state index < -0.39 is 0 Å². The molecule has 0 aromatic heterocycles. The molecule has 0 aromatic carbocycles. The van der Waals surface area contributed by atoms with Gasteiger partial charge in [0.2, 0.25) is 0 Å². The van der Waals surface area contributed by atoms with Crippen LogP contribution in [-0.4, -0.2) is 5.11 Å². The molecule has 2 aliphatic carbocycles. The summed E-state index contributed by atoms with van der Waals surface area (Å²) in [5.41, 5.74) is 4.02. The van der Waals surface area contributed by atoms with E-state index in [2.05, 4.69) is 20.1 Å². The molecule has 2 rings (SSSR count). The van der Waals surface area contributed by atoms with Crippen LogP contribution in [0, 0.1) is 5.41 Å². The van der Waals surface area contributed by atoms with Crippen molar-refractivity contribution in [1.29, 1.82) is 0 Å². The van der Waals surface area contributed by atoms with Crippen molar-refractivity contribution in [2.75, 3.05) is 0 Å². The summed E-state index contributed by atoms with van der Waals surface area (Å²) >= 11 is 0. The molecule has 0 unspecified atom stereocenters. The van der Waals surface area contributed by atoms with Crippen LogP contribution in [0.15, 0.2) is 35.6 Å². The van der Waals surface area contributed by atoms with Gasteiger partial charge in [-0.05, 0) is 48.7 Å². The van der Waals surface area contributed by atoms with Crippen LogP contribution >= 0.6 is 0 Å². The fraction of sp³-hybridized carbons (Fsp3) is 0.600. The quantitative estimate of drug-likeness (QED) is 0.682. The maximum Gasteiger partial charge on any atom is 0.111 e. The lowest BCUT2D eigenvalue weighted by Crippen LogP contribution is -2.12. The molecule has 0 heterocycles. The first kappa shape index (κ1) is 11.5. The van der Waals surface area contributed by atoms with Gasteiger partial charge in [-0.2, -0.15) is 0 Å². The number of allylic oxidation sites excluding steroid dienone is 3. The molecule has 2 aliphatic rings. The molecule has 0 radical (unpaired) electrons. The summed E-state index contributed by atoms with van der Waals surface area (Å²) in [4.78, 5) is 0. The highest BCUT2D eigenvalue weighted by Crippen LogP contribution is 2.55. The van der Waals surface area contributed by atoms with Crippen molar-refractivity contribution in [2.45, 2.75) is 51.9 Å². The van der Waals surface area contributed by atoms with Gasteiger partial charge in [0.05, 0.1) is 0 Å². The second-order valence-corrected chi connectivity index (χ2v) is 5.42. The minimum absolute atomic E-state index is 0.272. The highest BCUT2D eigenvalue weighted by molar-refractivity contribution is 5.45. The molecule has 0 atom stereocenters. The van der Waals surface area contributed by atoms with Crippen LogP contribution in [0.5, 0.6) is 0 Å². The highest BCUT2D eigenvalue weighted by Gasteiger charge is 2.41. The van der Waals surface area contributed by atoms with E-state index in [0.717, 1.165) is 24.8 Å². The summed E-state index contributed by atoms with van der Waals surface area (Å²) in [7, 11) is 0. The Hall–Kier alpha value is -0.980. The van der Waals surface area contributed by atoms with Crippen molar-refractivity contribution in [2.24, 2.45) is 5.41 Å². The van der Waals surface area contributed by atoms with E-state index in [9.17, 15) is 5.11 Å². The van der Waals surface area contributed by atoms with E-state index in [4.69, 9.17) is 0 Å². The van der Waals surface area contributed by atoms with Crippen molar-refractivity contribution in [1.82, 2.24) is 0 Å². The topological polar surface area (TPSA) is 20.2 Å². The first-order chi connectivity index (χ1) is 7.58. The van der Waals surface area contributed by atoms with E-state index in [-0.39, 0.29) is 5.76 Å². The largest absolute Gasteiger partial charge is 0.508 e. The lowest BCUT2D eigenvalue weighted by atomic mass is 9.81. The van der Waals surface area contributed by atoms with Gasteiger partial charge in [-0.1, -0.05) is 38.5 Å². The molecular formula is C15H22O. The normalized spacial score (nSPS) is 23.1. The third-order valence-electron chi connectivity index (χ3n) is 4.33.